The number of carbonyl (C=O) groups excluding carboxylic acids is 1. The van der Waals surface area contributed by atoms with Crippen LogP contribution in [-0.2, 0) is 6.42 Å². The van der Waals surface area contributed by atoms with Crippen molar-refractivity contribution < 1.29 is 9.53 Å². The van der Waals surface area contributed by atoms with Crippen molar-refractivity contribution in [1.82, 2.24) is 10.3 Å². The summed E-state index contributed by atoms with van der Waals surface area (Å²) >= 11 is 0. The zero-order valence-electron chi connectivity index (χ0n) is 12.2. The van der Waals surface area contributed by atoms with Crippen LogP contribution >= 0.6 is 0 Å². The van der Waals surface area contributed by atoms with E-state index < -0.39 is 0 Å². The van der Waals surface area contributed by atoms with Crippen molar-refractivity contribution in [3.05, 3.63) is 59.9 Å². The van der Waals surface area contributed by atoms with Gasteiger partial charge in [-0.25, -0.2) is 0 Å². The summed E-state index contributed by atoms with van der Waals surface area (Å²) in [5, 5.41) is 2.86. The molecule has 0 radical (unpaired) electrons. The van der Waals surface area contributed by atoms with E-state index in [4.69, 9.17) is 4.74 Å². The number of pyridine rings is 1. The van der Waals surface area contributed by atoms with Crippen molar-refractivity contribution in [2.24, 2.45) is 0 Å². The second-order valence-corrected chi connectivity index (χ2v) is 4.71. The van der Waals surface area contributed by atoms with Crippen LogP contribution in [0.1, 0.15) is 29.4 Å². The van der Waals surface area contributed by atoms with Gasteiger partial charge in [0.1, 0.15) is 11.4 Å². The second-order valence-electron chi connectivity index (χ2n) is 4.71. The summed E-state index contributed by atoms with van der Waals surface area (Å²) in [7, 11) is 0. The third-order valence-corrected chi connectivity index (χ3v) is 2.99. The minimum atomic E-state index is -0.140. The fourth-order valence-electron chi connectivity index (χ4n) is 1.88. The van der Waals surface area contributed by atoms with E-state index in [1.807, 2.05) is 24.3 Å². The molecule has 0 saturated carbocycles. The Balaban J connectivity index is 1.77. The molecular formula is C17H20N2O2. The van der Waals surface area contributed by atoms with E-state index >= 15 is 0 Å². The quantitative estimate of drug-likeness (QED) is 0.850. The molecule has 2 aromatic rings. The van der Waals surface area contributed by atoms with Crippen LogP contribution in [0.3, 0.4) is 0 Å². The Bertz CT molecular complexity index is 553. The van der Waals surface area contributed by atoms with Gasteiger partial charge in [0.15, 0.2) is 0 Å². The highest BCUT2D eigenvalue weighted by molar-refractivity contribution is 5.92. The SMILES string of the molecule is CCCOc1ccc(CCNC(=O)c2ccccn2)cc1. The number of rotatable bonds is 7. The summed E-state index contributed by atoms with van der Waals surface area (Å²) < 4.78 is 5.53. The van der Waals surface area contributed by atoms with Gasteiger partial charge in [0.25, 0.3) is 5.91 Å². The molecule has 0 aliphatic heterocycles. The van der Waals surface area contributed by atoms with Gasteiger partial charge >= 0.3 is 0 Å². The zero-order chi connectivity index (χ0) is 14.9. The van der Waals surface area contributed by atoms with Crippen LogP contribution in [0.25, 0.3) is 0 Å². The number of benzene rings is 1. The molecule has 1 heterocycles. The van der Waals surface area contributed by atoms with E-state index in [1.54, 1.807) is 24.4 Å². The molecule has 0 bridgehead atoms. The Morgan fingerprint density at radius 2 is 2.00 bits per heavy atom. The molecule has 1 aromatic carbocycles. The van der Waals surface area contributed by atoms with Crippen molar-refractivity contribution in [2.75, 3.05) is 13.2 Å². The highest BCUT2D eigenvalue weighted by Crippen LogP contribution is 2.12. The lowest BCUT2D eigenvalue weighted by Crippen LogP contribution is -2.26. The molecule has 21 heavy (non-hydrogen) atoms. The zero-order valence-corrected chi connectivity index (χ0v) is 12.2. The summed E-state index contributed by atoms with van der Waals surface area (Å²) in [5.41, 5.74) is 1.61. The lowest BCUT2D eigenvalue weighted by atomic mass is 10.1. The Labute approximate surface area is 125 Å². The van der Waals surface area contributed by atoms with Gasteiger partial charge in [0.2, 0.25) is 0 Å². The van der Waals surface area contributed by atoms with Gasteiger partial charge in [0.05, 0.1) is 6.61 Å². The van der Waals surface area contributed by atoms with Crippen LogP contribution in [0.4, 0.5) is 0 Å². The fraction of sp³-hybridized carbons (Fsp3) is 0.294. The number of hydrogen-bond donors (Lipinski definition) is 1. The molecule has 2 rings (SSSR count). The van der Waals surface area contributed by atoms with Crippen LogP contribution < -0.4 is 10.1 Å². The van der Waals surface area contributed by atoms with Gasteiger partial charge in [-0.1, -0.05) is 25.1 Å². The Kier molecular flexibility index (Phi) is 5.76. The maximum Gasteiger partial charge on any atom is 0.269 e. The van der Waals surface area contributed by atoms with Crippen molar-refractivity contribution in [3.8, 4) is 5.75 Å². The predicted molar refractivity (Wildman–Crippen MR) is 82.5 cm³/mol. The molecule has 1 aromatic heterocycles. The molecule has 1 amide bonds. The molecule has 0 spiro atoms. The van der Waals surface area contributed by atoms with E-state index in [0.717, 1.165) is 25.2 Å². The lowest BCUT2D eigenvalue weighted by Gasteiger charge is -2.07. The van der Waals surface area contributed by atoms with E-state index in [-0.39, 0.29) is 5.91 Å². The minimum absolute atomic E-state index is 0.140. The molecule has 0 saturated heterocycles. The standard InChI is InChI=1S/C17H20N2O2/c1-2-13-21-15-8-6-14(7-9-15)10-12-19-17(20)16-5-3-4-11-18-16/h3-9,11H,2,10,12-13H2,1H3,(H,19,20). The molecular weight excluding hydrogens is 264 g/mol. The minimum Gasteiger partial charge on any atom is -0.494 e. The molecule has 0 aliphatic rings. The number of ether oxygens (including phenoxy) is 1. The third kappa shape index (κ3) is 4.91. The number of carbonyl (C=O) groups is 1. The summed E-state index contributed by atoms with van der Waals surface area (Å²) in [6.45, 7) is 3.41. The number of nitrogens with zero attached hydrogens (tertiary/aromatic N) is 1. The molecule has 0 unspecified atom stereocenters. The molecule has 0 aliphatic carbocycles. The van der Waals surface area contributed by atoms with Crippen LogP contribution in [0, 0.1) is 0 Å². The first-order valence-electron chi connectivity index (χ1n) is 7.20. The summed E-state index contributed by atoms with van der Waals surface area (Å²) in [4.78, 5) is 15.8. The molecule has 1 N–H and O–H groups in total. The number of hydrogen-bond acceptors (Lipinski definition) is 3. The Morgan fingerprint density at radius 1 is 1.19 bits per heavy atom. The highest BCUT2D eigenvalue weighted by atomic mass is 16.5. The summed E-state index contributed by atoms with van der Waals surface area (Å²) in [5.74, 6) is 0.747. The van der Waals surface area contributed by atoms with Gasteiger partial charge < -0.3 is 10.1 Å². The topological polar surface area (TPSA) is 51.2 Å². The Morgan fingerprint density at radius 3 is 2.67 bits per heavy atom. The fourth-order valence-corrected chi connectivity index (χ4v) is 1.88. The number of nitrogens with one attached hydrogen (secondary N) is 1. The van der Waals surface area contributed by atoms with Gasteiger partial charge in [-0.15, -0.1) is 0 Å². The van der Waals surface area contributed by atoms with Gasteiger partial charge in [-0.2, -0.15) is 0 Å². The van der Waals surface area contributed by atoms with Gasteiger partial charge in [-0.05, 0) is 42.7 Å². The summed E-state index contributed by atoms with van der Waals surface area (Å²) in [6.07, 6.45) is 3.40. The molecule has 110 valence electrons. The first-order valence-corrected chi connectivity index (χ1v) is 7.20. The predicted octanol–water partition coefficient (Wildman–Crippen LogP) is 2.84. The molecule has 4 nitrogen and oxygen atoms in total. The van der Waals surface area contributed by atoms with E-state index in [0.29, 0.717) is 12.2 Å². The van der Waals surface area contributed by atoms with Gasteiger partial charge in [0, 0.05) is 12.7 Å². The lowest BCUT2D eigenvalue weighted by molar-refractivity contribution is 0.0949. The van der Waals surface area contributed by atoms with Crippen LogP contribution in [0.5, 0.6) is 5.75 Å². The van der Waals surface area contributed by atoms with Crippen LogP contribution in [0.15, 0.2) is 48.7 Å². The highest BCUT2D eigenvalue weighted by Gasteiger charge is 2.04. The van der Waals surface area contributed by atoms with Crippen molar-refractivity contribution in [2.45, 2.75) is 19.8 Å². The molecule has 0 fully saturated rings. The third-order valence-electron chi connectivity index (χ3n) is 2.99. The normalized spacial score (nSPS) is 10.1. The first-order chi connectivity index (χ1) is 10.3. The number of aromatic nitrogens is 1. The maximum atomic E-state index is 11.8. The van der Waals surface area contributed by atoms with Crippen molar-refractivity contribution in [1.29, 1.82) is 0 Å². The average molecular weight is 284 g/mol. The maximum absolute atomic E-state index is 11.8. The van der Waals surface area contributed by atoms with Crippen molar-refractivity contribution in [3.63, 3.8) is 0 Å². The van der Waals surface area contributed by atoms with Gasteiger partial charge in [-0.3, -0.25) is 9.78 Å². The average Bonchev–Trinajstić information content (AvgIpc) is 2.55. The van der Waals surface area contributed by atoms with Crippen LogP contribution in [0.2, 0.25) is 0 Å². The second kappa shape index (κ2) is 8.04. The summed E-state index contributed by atoms with van der Waals surface area (Å²) in [6, 6.07) is 13.3. The number of amides is 1. The molecule has 4 heteroatoms. The Hall–Kier alpha value is -2.36. The largest absolute Gasteiger partial charge is 0.494 e. The smallest absolute Gasteiger partial charge is 0.269 e. The van der Waals surface area contributed by atoms with Crippen molar-refractivity contribution >= 4 is 5.91 Å². The van der Waals surface area contributed by atoms with E-state index in [1.165, 1.54) is 5.56 Å². The monoisotopic (exact) mass is 284 g/mol. The van der Waals surface area contributed by atoms with E-state index in [9.17, 15) is 4.79 Å². The van der Waals surface area contributed by atoms with E-state index in [2.05, 4.69) is 17.2 Å². The first kappa shape index (κ1) is 15.0. The molecule has 0 atom stereocenters. The van der Waals surface area contributed by atoms with Crippen LogP contribution in [-0.4, -0.2) is 24.0 Å².